The molecule has 0 fully saturated rings. The van der Waals surface area contributed by atoms with Gasteiger partial charge in [-0.1, -0.05) is 36.4 Å². The highest BCUT2D eigenvalue weighted by atomic mass is 127. The Labute approximate surface area is 118 Å². The maximum atomic E-state index is 3.33. The van der Waals surface area contributed by atoms with Crippen LogP contribution in [0.4, 0.5) is 0 Å². The zero-order chi connectivity index (χ0) is 10.8. The fourth-order valence-corrected chi connectivity index (χ4v) is 2.01. The first-order valence-electron chi connectivity index (χ1n) is 5.40. The van der Waals surface area contributed by atoms with Crippen molar-refractivity contribution >= 4 is 10.8 Å². The third kappa shape index (κ3) is 2.31. The number of aromatic nitrogens is 1. The summed E-state index contributed by atoms with van der Waals surface area (Å²) in [5.74, 6) is 0. The van der Waals surface area contributed by atoms with Gasteiger partial charge in [-0.15, -0.1) is 0 Å². The van der Waals surface area contributed by atoms with Crippen LogP contribution in [-0.4, -0.2) is 0 Å². The van der Waals surface area contributed by atoms with Gasteiger partial charge in [0, 0.05) is 11.6 Å². The minimum Gasteiger partial charge on any atom is -1.00 e. The molecule has 0 amide bonds. The second kappa shape index (κ2) is 5.27. The molecule has 0 unspecified atom stereocenters. The van der Waals surface area contributed by atoms with Crippen LogP contribution in [0.2, 0.25) is 0 Å². The summed E-state index contributed by atoms with van der Waals surface area (Å²) in [5.41, 5.74) is 2.40. The molecular weight excluding hydrogens is 321 g/mol. The van der Waals surface area contributed by atoms with Gasteiger partial charge < -0.3 is 24.0 Å². The number of rotatable bonds is 1. The summed E-state index contributed by atoms with van der Waals surface area (Å²) in [5, 5.41) is 2.52. The number of halogens is 1. The van der Waals surface area contributed by atoms with E-state index in [0.717, 1.165) is 0 Å². The Morgan fingerprint density at radius 3 is 2.24 bits per heavy atom. The molecule has 3 aromatic rings. The molecule has 0 saturated carbocycles. The van der Waals surface area contributed by atoms with E-state index in [0.29, 0.717) is 0 Å². The van der Waals surface area contributed by atoms with Gasteiger partial charge in [0.1, 0.15) is 0 Å². The number of aromatic amines is 1. The van der Waals surface area contributed by atoms with Gasteiger partial charge >= 0.3 is 0 Å². The summed E-state index contributed by atoms with van der Waals surface area (Å²) in [4.78, 5) is 3.33. The standard InChI is InChI=1S/C15H11N.HI/c1-2-7-13(8-3-1)15-14-9-5-4-6-12(14)10-11-16-15;/h1-11H;1H. The monoisotopic (exact) mass is 333 g/mol. The first kappa shape index (κ1) is 12.0. The Bertz CT molecular complexity index is 615. The lowest BCUT2D eigenvalue weighted by Crippen LogP contribution is -3.00. The zero-order valence-corrected chi connectivity index (χ0v) is 11.4. The molecule has 1 nitrogen and oxygen atoms in total. The van der Waals surface area contributed by atoms with Crippen molar-refractivity contribution in [2.75, 3.05) is 0 Å². The van der Waals surface area contributed by atoms with Gasteiger partial charge in [-0.05, 0) is 23.6 Å². The van der Waals surface area contributed by atoms with E-state index in [-0.39, 0.29) is 24.0 Å². The molecular formula is C15H12IN. The van der Waals surface area contributed by atoms with E-state index in [9.17, 15) is 0 Å². The molecule has 0 atom stereocenters. The number of pyridine rings is 1. The summed E-state index contributed by atoms with van der Waals surface area (Å²) in [6, 6.07) is 20.9. The maximum absolute atomic E-state index is 3.33. The molecule has 17 heavy (non-hydrogen) atoms. The van der Waals surface area contributed by atoms with Crippen LogP contribution in [-0.2, 0) is 0 Å². The smallest absolute Gasteiger partial charge is 0.218 e. The summed E-state index contributed by atoms with van der Waals surface area (Å²) >= 11 is 0. The summed E-state index contributed by atoms with van der Waals surface area (Å²) < 4.78 is 0. The number of H-pyrrole nitrogens is 1. The van der Waals surface area contributed by atoms with Crippen molar-refractivity contribution in [1.82, 2.24) is 0 Å². The van der Waals surface area contributed by atoms with E-state index in [1.54, 1.807) is 0 Å². The fraction of sp³-hybridized carbons (Fsp3) is 0. The van der Waals surface area contributed by atoms with Crippen LogP contribution in [0.25, 0.3) is 22.0 Å². The number of hydrogen-bond acceptors (Lipinski definition) is 0. The maximum Gasteiger partial charge on any atom is 0.218 e. The first-order chi connectivity index (χ1) is 7.95. The number of nitrogens with one attached hydrogen (secondary N) is 1. The van der Waals surface area contributed by atoms with Gasteiger partial charge in [-0.25, -0.2) is 4.98 Å². The Morgan fingerprint density at radius 2 is 1.41 bits per heavy atom. The highest BCUT2D eigenvalue weighted by Crippen LogP contribution is 2.23. The van der Waals surface area contributed by atoms with Gasteiger partial charge in [-0.2, -0.15) is 0 Å². The zero-order valence-electron chi connectivity index (χ0n) is 9.23. The van der Waals surface area contributed by atoms with Gasteiger partial charge in [0.05, 0.1) is 5.39 Å². The van der Waals surface area contributed by atoms with Gasteiger partial charge in [-0.3, -0.25) is 0 Å². The molecule has 1 heterocycles. The summed E-state index contributed by atoms with van der Waals surface area (Å²) in [7, 11) is 0. The second-order valence-electron chi connectivity index (χ2n) is 3.81. The normalized spacial score (nSPS) is 9.88. The molecule has 0 bridgehead atoms. The molecule has 1 N–H and O–H groups in total. The van der Waals surface area contributed by atoms with Crippen molar-refractivity contribution in [2.24, 2.45) is 0 Å². The van der Waals surface area contributed by atoms with E-state index in [2.05, 4.69) is 59.6 Å². The van der Waals surface area contributed by atoms with E-state index < -0.39 is 0 Å². The van der Waals surface area contributed by atoms with Crippen LogP contribution in [0.5, 0.6) is 0 Å². The molecule has 0 aliphatic carbocycles. The third-order valence-corrected chi connectivity index (χ3v) is 2.78. The molecule has 1 aromatic heterocycles. The Morgan fingerprint density at radius 1 is 0.706 bits per heavy atom. The molecule has 0 radical (unpaired) electrons. The van der Waals surface area contributed by atoms with Crippen molar-refractivity contribution in [3.05, 3.63) is 66.9 Å². The average Bonchev–Trinajstić information content (AvgIpc) is 2.39. The van der Waals surface area contributed by atoms with Crippen LogP contribution in [0.1, 0.15) is 0 Å². The van der Waals surface area contributed by atoms with Crippen LogP contribution >= 0.6 is 0 Å². The summed E-state index contributed by atoms with van der Waals surface area (Å²) in [6.07, 6.45) is 1.99. The lowest BCUT2D eigenvalue weighted by atomic mass is 10.0. The van der Waals surface area contributed by atoms with E-state index in [1.165, 1.54) is 22.0 Å². The Hall–Kier alpha value is -1.42. The van der Waals surface area contributed by atoms with Crippen molar-refractivity contribution in [3.63, 3.8) is 0 Å². The molecule has 84 valence electrons. The predicted molar refractivity (Wildman–Crippen MR) is 65.9 cm³/mol. The highest BCUT2D eigenvalue weighted by Gasteiger charge is 2.08. The SMILES string of the molecule is [I-].c1ccc(-c2[nH+]ccc3ccccc23)cc1. The van der Waals surface area contributed by atoms with Gasteiger partial charge in [0.15, 0.2) is 6.20 Å². The number of hydrogen-bond donors (Lipinski definition) is 0. The topological polar surface area (TPSA) is 14.1 Å². The first-order valence-corrected chi connectivity index (χ1v) is 5.40. The molecule has 0 aliphatic heterocycles. The minimum atomic E-state index is 0. The summed E-state index contributed by atoms with van der Waals surface area (Å²) in [6.45, 7) is 0. The molecule has 0 spiro atoms. The largest absolute Gasteiger partial charge is 1.00 e. The van der Waals surface area contributed by atoms with E-state index in [4.69, 9.17) is 0 Å². The Kier molecular flexibility index (Phi) is 3.74. The molecule has 3 rings (SSSR count). The predicted octanol–water partition coefficient (Wildman–Crippen LogP) is 0.325. The third-order valence-electron chi connectivity index (χ3n) is 2.78. The van der Waals surface area contributed by atoms with Gasteiger partial charge in [0.2, 0.25) is 5.69 Å². The molecule has 0 saturated heterocycles. The minimum absolute atomic E-state index is 0. The van der Waals surface area contributed by atoms with Crippen molar-refractivity contribution in [1.29, 1.82) is 0 Å². The van der Waals surface area contributed by atoms with Crippen molar-refractivity contribution in [2.45, 2.75) is 0 Å². The number of benzene rings is 2. The molecule has 2 heteroatoms. The lowest BCUT2D eigenvalue weighted by Gasteiger charge is -1.99. The molecule has 2 aromatic carbocycles. The highest BCUT2D eigenvalue weighted by molar-refractivity contribution is 5.92. The van der Waals surface area contributed by atoms with E-state index >= 15 is 0 Å². The Balaban J connectivity index is 0.00000108. The van der Waals surface area contributed by atoms with Crippen molar-refractivity contribution in [3.8, 4) is 11.3 Å². The lowest BCUT2D eigenvalue weighted by molar-refractivity contribution is -0.362. The van der Waals surface area contributed by atoms with Crippen LogP contribution < -0.4 is 29.0 Å². The van der Waals surface area contributed by atoms with Gasteiger partial charge in [0.25, 0.3) is 0 Å². The van der Waals surface area contributed by atoms with E-state index in [1.807, 2.05) is 12.3 Å². The second-order valence-corrected chi connectivity index (χ2v) is 3.81. The quantitative estimate of drug-likeness (QED) is 0.570. The van der Waals surface area contributed by atoms with Crippen LogP contribution in [0.15, 0.2) is 66.9 Å². The fourth-order valence-electron chi connectivity index (χ4n) is 2.01. The number of fused-ring (bicyclic) bond motifs is 1. The van der Waals surface area contributed by atoms with Crippen molar-refractivity contribution < 1.29 is 29.0 Å². The van der Waals surface area contributed by atoms with Crippen LogP contribution in [0, 0.1) is 0 Å². The average molecular weight is 333 g/mol. The molecule has 0 aliphatic rings. The van der Waals surface area contributed by atoms with Crippen LogP contribution in [0.3, 0.4) is 0 Å².